The van der Waals surface area contributed by atoms with Crippen LogP contribution in [0.1, 0.15) is 12.5 Å². The zero-order valence-corrected chi connectivity index (χ0v) is 12.3. The number of hydrogen-bond acceptors (Lipinski definition) is 4. The number of carboxylic acid groups (broad SMARTS) is 1. The molecule has 0 aliphatic carbocycles. The fourth-order valence-electron chi connectivity index (χ4n) is 1.74. The number of halogens is 1. The number of carbonyl (C=O) groups excluding carboxylic acids is 1. The van der Waals surface area contributed by atoms with Gasteiger partial charge in [0.05, 0.1) is 6.61 Å². The van der Waals surface area contributed by atoms with Gasteiger partial charge in [-0.25, -0.2) is 4.79 Å². The number of aromatic nitrogens is 1. The van der Waals surface area contributed by atoms with Crippen LogP contribution in [0.25, 0.3) is 10.9 Å². The van der Waals surface area contributed by atoms with Gasteiger partial charge in [-0.3, -0.25) is 4.79 Å². The van der Waals surface area contributed by atoms with E-state index in [1.807, 2.05) is 30.5 Å². The van der Waals surface area contributed by atoms with Crippen LogP contribution in [0.4, 0.5) is 4.79 Å². The minimum Gasteiger partial charge on any atom is -0.480 e. The van der Waals surface area contributed by atoms with E-state index in [-0.39, 0.29) is 0 Å². The van der Waals surface area contributed by atoms with Gasteiger partial charge in [0.2, 0.25) is 0 Å². The van der Waals surface area contributed by atoms with Crippen molar-refractivity contribution in [1.29, 1.82) is 0 Å². The van der Waals surface area contributed by atoms with Crippen LogP contribution in [-0.4, -0.2) is 34.1 Å². The van der Waals surface area contributed by atoms with Crippen molar-refractivity contribution in [1.82, 2.24) is 4.98 Å². The van der Waals surface area contributed by atoms with Crippen LogP contribution in [0.15, 0.2) is 30.5 Å². The molecule has 1 aromatic carbocycles. The summed E-state index contributed by atoms with van der Waals surface area (Å²) in [6, 6.07) is 6.91. The molecule has 0 fully saturated rings. The van der Waals surface area contributed by atoms with E-state index in [2.05, 4.69) is 9.72 Å². The summed E-state index contributed by atoms with van der Waals surface area (Å²) in [5.41, 5.74) is 6.70. The normalized spacial score (nSPS) is 11.4. The highest BCUT2D eigenvalue weighted by Crippen LogP contribution is 2.18. The number of hydrogen-bond donors (Lipinski definition) is 3. The number of aliphatic carboxylic acids is 1. The molecule has 4 N–H and O–H groups in total. The number of para-hydroxylation sites is 1. The molecule has 0 saturated carbocycles. The molecular weight excluding hydrogens is 296 g/mol. The summed E-state index contributed by atoms with van der Waals surface area (Å²) in [5, 5.41) is 9.75. The van der Waals surface area contributed by atoms with E-state index in [0.29, 0.717) is 13.0 Å². The lowest BCUT2D eigenvalue weighted by Gasteiger charge is -2.04. The molecule has 0 unspecified atom stereocenters. The van der Waals surface area contributed by atoms with Crippen LogP contribution in [0.2, 0.25) is 0 Å². The topological polar surface area (TPSA) is 105 Å². The number of aromatic amines is 1. The smallest absolute Gasteiger partial charge is 0.403 e. The number of nitrogens with two attached hydrogens (primary N) is 1. The summed E-state index contributed by atoms with van der Waals surface area (Å²) < 4.78 is 4.17. The summed E-state index contributed by atoms with van der Waals surface area (Å²) in [5.74, 6) is -0.972. The Bertz CT molecular complexity index is 612. The second-order valence-electron chi connectivity index (χ2n) is 4.18. The summed E-state index contributed by atoms with van der Waals surface area (Å²) in [4.78, 5) is 23.3. The van der Waals surface area contributed by atoms with Crippen molar-refractivity contribution >= 4 is 33.9 Å². The molecule has 114 valence electrons. The molecular formula is C14H17ClN2O4. The highest BCUT2D eigenvalue weighted by atomic mass is 35.5. The molecule has 0 bridgehead atoms. The first-order chi connectivity index (χ1) is 9.95. The first kappa shape index (κ1) is 17.0. The van der Waals surface area contributed by atoms with Gasteiger partial charge in [-0.15, -0.1) is 0 Å². The van der Waals surface area contributed by atoms with Gasteiger partial charge in [0.15, 0.2) is 0 Å². The Hall–Kier alpha value is -2.05. The Balaban J connectivity index is 0.000000315. The highest BCUT2D eigenvalue weighted by molar-refractivity contribution is 6.61. The monoisotopic (exact) mass is 312 g/mol. The van der Waals surface area contributed by atoms with E-state index in [1.165, 1.54) is 0 Å². The molecule has 0 aliphatic heterocycles. The van der Waals surface area contributed by atoms with Crippen LogP contribution in [0.3, 0.4) is 0 Å². The lowest BCUT2D eigenvalue weighted by molar-refractivity contribution is -0.138. The Morgan fingerprint density at radius 1 is 1.43 bits per heavy atom. The largest absolute Gasteiger partial charge is 0.480 e. The quantitative estimate of drug-likeness (QED) is 0.752. The Kier molecular flexibility index (Phi) is 6.71. The third-order valence-corrected chi connectivity index (χ3v) is 2.80. The minimum atomic E-state index is -0.972. The predicted octanol–water partition coefficient (Wildman–Crippen LogP) is 2.50. The van der Waals surface area contributed by atoms with E-state index in [9.17, 15) is 9.59 Å². The third-order valence-electron chi connectivity index (χ3n) is 2.69. The van der Waals surface area contributed by atoms with E-state index in [0.717, 1.165) is 16.5 Å². The number of H-pyrrole nitrogens is 1. The van der Waals surface area contributed by atoms with Crippen molar-refractivity contribution in [2.24, 2.45) is 5.73 Å². The molecule has 0 amide bonds. The maximum atomic E-state index is 10.6. The first-order valence-electron chi connectivity index (χ1n) is 6.31. The fourth-order valence-corrected chi connectivity index (χ4v) is 1.85. The summed E-state index contributed by atoms with van der Waals surface area (Å²) in [6.45, 7) is 2.04. The summed E-state index contributed by atoms with van der Waals surface area (Å²) in [7, 11) is 0. The SMILES string of the molecule is CCOC(=O)Cl.N[C@@H](Cc1c[nH]c2ccccc12)C(=O)O. The number of rotatable bonds is 4. The molecule has 6 nitrogen and oxygen atoms in total. The molecule has 0 spiro atoms. The van der Waals surface area contributed by atoms with E-state index in [1.54, 1.807) is 6.92 Å². The molecule has 1 atom stereocenters. The van der Waals surface area contributed by atoms with Gasteiger partial charge in [0, 0.05) is 35.1 Å². The number of ether oxygens (including phenoxy) is 1. The average molecular weight is 313 g/mol. The van der Waals surface area contributed by atoms with Crippen molar-refractivity contribution in [3.8, 4) is 0 Å². The van der Waals surface area contributed by atoms with Gasteiger partial charge in [-0.05, 0) is 18.6 Å². The number of nitrogens with one attached hydrogen (secondary N) is 1. The van der Waals surface area contributed by atoms with Crippen LogP contribution < -0.4 is 5.73 Å². The lowest BCUT2D eigenvalue weighted by Crippen LogP contribution is -2.32. The van der Waals surface area contributed by atoms with Crippen molar-refractivity contribution in [2.45, 2.75) is 19.4 Å². The van der Waals surface area contributed by atoms with Gasteiger partial charge < -0.3 is 20.6 Å². The Morgan fingerprint density at radius 2 is 2.10 bits per heavy atom. The van der Waals surface area contributed by atoms with Gasteiger partial charge in [-0.1, -0.05) is 18.2 Å². The molecule has 2 aromatic rings. The Morgan fingerprint density at radius 3 is 2.62 bits per heavy atom. The molecule has 7 heteroatoms. The van der Waals surface area contributed by atoms with Crippen molar-refractivity contribution in [3.63, 3.8) is 0 Å². The van der Waals surface area contributed by atoms with Gasteiger partial charge in [-0.2, -0.15) is 0 Å². The number of benzene rings is 1. The minimum absolute atomic E-state index is 0.347. The van der Waals surface area contributed by atoms with Gasteiger partial charge in [0.25, 0.3) is 0 Å². The van der Waals surface area contributed by atoms with Crippen LogP contribution >= 0.6 is 11.6 Å². The summed E-state index contributed by atoms with van der Waals surface area (Å²) >= 11 is 4.72. The molecule has 0 radical (unpaired) electrons. The number of carbonyl (C=O) groups is 2. The maximum absolute atomic E-state index is 10.6. The van der Waals surface area contributed by atoms with E-state index >= 15 is 0 Å². The zero-order chi connectivity index (χ0) is 15.8. The third kappa shape index (κ3) is 5.45. The molecule has 2 rings (SSSR count). The van der Waals surface area contributed by atoms with Crippen LogP contribution in [-0.2, 0) is 16.0 Å². The van der Waals surface area contributed by atoms with E-state index < -0.39 is 17.4 Å². The predicted molar refractivity (Wildman–Crippen MR) is 80.5 cm³/mol. The summed E-state index contributed by atoms with van der Waals surface area (Å²) in [6.07, 6.45) is 2.16. The van der Waals surface area contributed by atoms with Crippen LogP contribution in [0, 0.1) is 0 Å². The van der Waals surface area contributed by atoms with E-state index in [4.69, 9.17) is 22.4 Å². The molecule has 0 aliphatic rings. The molecule has 0 saturated heterocycles. The molecule has 1 heterocycles. The van der Waals surface area contributed by atoms with Crippen LogP contribution in [0.5, 0.6) is 0 Å². The van der Waals surface area contributed by atoms with Gasteiger partial charge >= 0.3 is 11.4 Å². The maximum Gasteiger partial charge on any atom is 0.403 e. The number of fused-ring (bicyclic) bond motifs is 1. The first-order valence-corrected chi connectivity index (χ1v) is 6.69. The Labute approximate surface area is 126 Å². The standard InChI is InChI=1S/C11H12N2O2.C3H5ClO2/c12-9(11(14)15)5-7-6-13-10-4-2-1-3-8(7)10;1-2-6-3(4)5/h1-4,6,9,13H,5,12H2,(H,14,15);2H2,1H3/t9-;/m0./s1. The van der Waals surface area contributed by atoms with Crippen molar-refractivity contribution in [3.05, 3.63) is 36.0 Å². The van der Waals surface area contributed by atoms with Crippen molar-refractivity contribution < 1.29 is 19.4 Å². The lowest BCUT2D eigenvalue weighted by atomic mass is 10.1. The van der Waals surface area contributed by atoms with Gasteiger partial charge in [0.1, 0.15) is 6.04 Å². The fraction of sp³-hybridized carbons (Fsp3) is 0.286. The average Bonchev–Trinajstić information content (AvgIpc) is 2.83. The number of carboxylic acids is 1. The zero-order valence-electron chi connectivity index (χ0n) is 11.5. The van der Waals surface area contributed by atoms with Crippen molar-refractivity contribution in [2.75, 3.05) is 6.61 Å². The molecule has 1 aromatic heterocycles. The second kappa shape index (κ2) is 8.28. The molecule has 21 heavy (non-hydrogen) atoms. The highest BCUT2D eigenvalue weighted by Gasteiger charge is 2.14. The second-order valence-corrected chi connectivity index (χ2v) is 4.49.